The highest BCUT2D eigenvalue weighted by Crippen LogP contribution is 2.45. The van der Waals surface area contributed by atoms with Crippen LogP contribution in [-0.2, 0) is 15.0 Å². The van der Waals surface area contributed by atoms with Gasteiger partial charge < -0.3 is 14.6 Å². The Morgan fingerprint density at radius 1 is 0.947 bits per heavy atom. The van der Waals surface area contributed by atoms with Gasteiger partial charge in [0.2, 0.25) is 0 Å². The minimum atomic E-state index is -0.877. The van der Waals surface area contributed by atoms with Gasteiger partial charge in [0.15, 0.2) is 0 Å². The maximum Gasteiger partial charge on any atom is 0.300 e. The van der Waals surface area contributed by atoms with Crippen molar-refractivity contribution in [2.45, 2.75) is 53.0 Å². The van der Waals surface area contributed by atoms with Crippen LogP contribution < -0.4 is 14.4 Å². The molecule has 1 unspecified atom stereocenters. The molecule has 0 saturated carbocycles. The van der Waals surface area contributed by atoms with Crippen LogP contribution in [0.15, 0.2) is 66.2 Å². The Morgan fingerprint density at radius 3 is 2.29 bits per heavy atom. The van der Waals surface area contributed by atoms with E-state index in [9.17, 15) is 14.7 Å². The topological polar surface area (TPSA) is 76.1 Å². The fourth-order valence-corrected chi connectivity index (χ4v) is 4.86. The number of nitrogens with zero attached hydrogens (tertiary/aromatic N) is 1. The summed E-state index contributed by atoms with van der Waals surface area (Å²) in [7, 11) is 1.54. The van der Waals surface area contributed by atoms with E-state index in [1.807, 2.05) is 63.2 Å². The number of carbonyl (C=O) groups is 2. The van der Waals surface area contributed by atoms with Crippen molar-refractivity contribution in [2.75, 3.05) is 18.6 Å². The van der Waals surface area contributed by atoms with Gasteiger partial charge in [0.05, 0.1) is 25.3 Å². The number of aliphatic hydroxyl groups excluding tert-OH is 1. The van der Waals surface area contributed by atoms with Gasteiger partial charge in [-0.3, -0.25) is 14.5 Å². The van der Waals surface area contributed by atoms with Crippen LogP contribution in [0.2, 0.25) is 0 Å². The van der Waals surface area contributed by atoms with Crippen LogP contribution in [0.5, 0.6) is 11.5 Å². The minimum Gasteiger partial charge on any atom is -0.507 e. The molecule has 1 atom stereocenters. The van der Waals surface area contributed by atoms with E-state index < -0.39 is 17.7 Å². The van der Waals surface area contributed by atoms with Crippen LogP contribution in [0, 0.1) is 13.8 Å². The third-order valence-corrected chi connectivity index (χ3v) is 7.01. The standard InChI is InChI=1S/C32H35NO5/c1-8-38-26-16-14-21(18-24(26)32(4,5)6)29(34)27-28(23-11-9-10-12-25(23)37-7)33(31(36)30(27)35)22-15-13-19(2)20(3)17-22/h9-18,28,34H,8H2,1-7H3/b29-27+. The van der Waals surface area contributed by atoms with Crippen LogP contribution in [0.1, 0.15) is 61.6 Å². The number of benzene rings is 3. The van der Waals surface area contributed by atoms with E-state index >= 15 is 0 Å². The number of anilines is 1. The molecule has 6 nitrogen and oxygen atoms in total. The first-order valence-electron chi connectivity index (χ1n) is 12.8. The smallest absolute Gasteiger partial charge is 0.300 e. The average Bonchev–Trinajstić information content (AvgIpc) is 3.15. The SMILES string of the molecule is CCOc1ccc(/C(O)=C2\C(=O)C(=O)N(c3ccc(C)c(C)c3)C2c2ccccc2OC)cc1C(C)(C)C. The lowest BCUT2D eigenvalue weighted by molar-refractivity contribution is -0.132. The molecule has 1 amide bonds. The van der Waals surface area contributed by atoms with E-state index in [0.29, 0.717) is 34.9 Å². The van der Waals surface area contributed by atoms with E-state index in [1.54, 1.807) is 25.3 Å². The Balaban J connectivity index is 1.99. The largest absolute Gasteiger partial charge is 0.507 e. The van der Waals surface area contributed by atoms with E-state index in [1.165, 1.54) is 4.90 Å². The van der Waals surface area contributed by atoms with Gasteiger partial charge in [-0.2, -0.15) is 0 Å². The van der Waals surface area contributed by atoms with Gasteiger partial charge in [0.25, 0.3) is 11.7 Å². The number of rotatable bonds is 6. The third kappa shape index (κ3) is 4.78. The number of amides is 1. The average molecular weight is 514 g/mol. The lowest BCUT2D eigenvalue weighted by Gasteiger charge is -2.27. The van der Waals surface area contributed by atoms with Crippen molar-refractivity contribution in [2.24, 2.45) is 0 Å². The molecule has 1 heterocycles. The number of Topliss-reactive ketones (excluding diaryl/α,β-unsaturated/α-hetero) is 1. The van der Waals surface area contributed by atoms with Gasteiger partial charge in [0.1, 0.15) is 17.3 Å². The van der Waals surface area contributed by atoms with Gasteiger partial charge >= 0.3 is 0 Å². The fourth-order valence-electron chi connectivity index (χ4n) is 4.86. The van der Waals surface area contributed by atoms with Crippen molar-refractivity contribution < 1.29 is 24.2 Å². The molecule has 0 bridgehead atoms. The first kappa shape index (κ1) is 27.0. The molecule has 1 saturated heterocycles. The molecule has 6 heteroatoms. The zero-order valence-corrected chi connectivity index (χ0v) is 23.1. The molecular formula is C32H35NO5. The molecule has 0 spiro atoms. The number of methoxy groups -OCH3 is 1. The van der Waals surface area contributed by atoms with E-state index in [0.717, 1.165) is 16.7 Å². The monoisotopic (exact) mass is 513 g/mol. The Kier molecular flexibility index (Phi) is 7.36. The van der Waals surface area contributed by atoms with Crippen LogP contribution in [0.3, 0.4) is 0 Å². The van der Waals surface area contributed by atoms with Crippen molar-refractivity contribution in [1.82, 2.24) is 0 Å². The lowest BCUT2D eigenvalue weighted by Crippen LogP contribution is -2.29. The summed E-state index contributed by atoms with van der Waals surface area (Å²) < 4.78 is 11.5. The molecule has 1 fully saturated rings. The maximum absolute atomic E-state index is 13.6. The number of aliphatic hydroxyl groups is 1. The Hall–Kier alpha value is -4.06. The Morgan fingerprint density at radius 2 is 1.66 bits per heavy atom. The molecule has 3 aromatic carbocycles. The van der Waals surface area contributed by atoms with Crippen LogP contribution in [0.25, 0.3) is 5.76 Å². The molecule has 3 aromatic rings. The van der Waals surface area contributed by atoms with Crippen molar-refractivity contribution in [3.05, 3.63) is 94.1 Å². The zero-order chi connectivity index (χ0) is 27.8. The molecule has 0 aliphatic carbocycles. The second-order valence-corrected chi connectivity index (χ2v) is 10.6. The number of ether oxygens (including phenoxy) is 2. The van der Waals surface area contributed by atoms with Gasteiger partial charge in [-0.1, -0.05) is 45.0 Å². The number of hydrogen-bond acceptors (Lipinski definition) is 5. The Labute approximate surface area is 224 Å². The first-order valence-corrected chi connectivity index (χ1v) is 12.8. The summed E-state index contributed by atoms with van der Waals surface area (Å²) in [6.07, 6.45) is 0. The summed E-state index contributed by atoms with van der Waals surface area (Å²) in [5.74, 6) is -0.454. The van der Waals surface area contributed by atoms with Crippen molar-refractivity contribution in [3.8, 4) is 11.5 Å². The molecule has 0 radical (unpaired) electrons. The number of hydrogen-bond donors (Lipinski definition) is 1. The number of para-hydroxylation sites is 1. The molecule has 38 heavy (non-hydrogen) atoms. The van der Waals surface area contributed by atoms with Crippen LogP contribution >= 0.6 is 0 Å². The molecule has 1 aliphatic rings. The van der Waals surface area contributed by atoms with Gasteiger partial charge in [-0.05, 0) is 73.7 Å². The second kappa shape index (κ2) is 10.4. The molecule has 1 N–H and O–H groups in total. The summed E-state index contributed by atoms with van der Waals surface area (Å²) in [4.78, 5) is 28.6. The normalized spacial score (nSPS) is 17.1. The van der Waals surface area contributed by atoms with Gasteiger partial charge in [-0.25, -0.2) is 0 Å². The predicted octanol–water partition coefficient (Wildman–Crippen LogP) is 6.63. The molecule has 4 rings (SSSR count). The lowest BCUT2D eigenvalue weighted by atomic mass is 9.84. The minimum absolute atomic E-state index is 0.0155. The zero-order valence-electron chi connectivity index (χ0n) is 23.1. The number of carbonyl (C=O) groups excluding carboxylic acids is 2. The Bertz CT molecular complexity index is 1430. The summed E-state index contributed by atoms with van der Waals surface area (Å²) in [5.41, 5.74) is 4.31. The first-order chi connectivity index (χ1) is 18.0. The highest BCUT2D eigenvalue weighted by Gasteiger charge is 2.48. The summed E-state index contributed by atoms with van der Waals surface area (Å²) in [6.45, 7) is 12.5. The van der Waals surface area contributed by atoms with E-state index in [2.05, 4.69) is 20.8 Å². The fraction of sp³-hybridized carbons (Fsp3) is 0.312. The molecule has 1 aliphatic heterocycles. The van der Waals surface area contributed by atoms with Crippen LogP contribution in [-0.4, -0.2) is 30.5 Å². The summed E-state index contributed by atoms with van der Waals surface area (Å²) in [5, 5.41) is 11.7. The maximum atomic E-state index is 13.6. The summed E-state index contributed by atoms with van der Waals surface area (Å²) in [6, 6.07) is 17.4. The molecule has 198 valence electrons. The molecular weight excluding hydrogens is 478 g/mol. The van der Waals surface area contributed by atoms with E-state index in [-0.39, 0.29) is 16.7 Å². The molecule has 0 aromatic heterocycles. The van der Waals surface area contributed by atoms with Gasteiger partial charge in [-0.15, -0.1) is 0 Å². The summed E-state index contributed by atoms with van der Waals surface area (Å²) >= 11 is 0. The van der Waals surface area contributed by atoms with Crippen molar-refractivity contribution >= 4 is 23.1 Å². The number of aryl methyl sites for hydroxylation is 2. The van der Waals surface area contributed by atoms with E-state index in [4.69, 9.17) is 9.47 Å². The number of ketones is 1. The second-order valence-electron chi connectivity index (χ2n) is 10.6. The van der Waals surface area contributed by atoms with Crippen molar-refractivity contribution in [1.29, 1.82) is 0 Å². The predicted molar refractivity (Wildman–Crippen MR) is 150 cm³/mol. The third-order valence-electron chi connectivity index (χ3n) is 7.01. The van der Waals surface area contributed by atoms with Gasteiger partial charge in [0, 0.05) is 22.4 Å². The van der Waals surface area contributed by atoms with Crippen LogP contribution in [0.4, 0.5) is 5.69 Å². The van der Waals surface area contributed by atoms with Crippen molar-refractivity contribution in [3.63, 3.8) is 0 Å². The highest BCUT2D eigenvalue weighted by atomic mass is 16.5. The highest BCUT2D eigenvalue weighted by molar-refractivity contribution is 6.51. The quantitative estimate of drug-likeness (QED) is 0.227.